The Bertz CT molecular complexity index is 244. The molecule has 42 heteroatoms. The van der Waals surface area contributed by atoms with Gasteiger partial charge < -0.3 is 169 Å². The summed E-state index contributed by atoms with van der Waals surface area (Å²) in [7, 11) is -33.7. The van der Waals surface area contributed by atoms with E-state index in [1.807, 2.05) is 0 Å². The normalized spacial score (nSPS) is 8.57. The molecule has 12 radical (unpaired) electrons. The van der Waals surface area contributed by atoms with E-state index in [2.05, 4.69) is 0 Å². The fourth-order valence-electron chi connectivity index (χ4n) is 0. The standard InChI is InChI=1S/12Cu.6O4Si/c;;;;;;;;;;;;6*1-5(2,3)4/q12*+2;6*-4. The van der Waals surface area contributed by atoms with Gasteiger partial charge in [0.2, 0.25) is 0 Å². The molecule has 42 heavy (non-hydrogen) atoms. The molecule has 0 aromatic rings. The van der Waals surface area contributed by atoms with Crippen LogP contribution in [0.3, 0.4) is 0 Å². The molecular formula is Cu12O24Si6. The van der Waals surface area contributed by atoms with Crippen molar-refractivity contribution in [1.82, 2.24) is 0 Å². The Labute approximate surface area is 369 Å². The first-order valence-corrected chi connectivity index (χ1v) is 14.7. The minimum absolute atomic E-state index is 0. The van der Waals surface area contributed by atoms with Gasteiger partial charge in [0.1, 0.15) is 0 Å². The predicted molar refractivity (Wildman–Crippen MR) is 34.5 cm³/mol. The molecule has 0 atom stereocenters. The van der Waals surface area contributed by atoms with Crippen molar-refractivity contribution in [3.8, 4) is 0 Å². The van der Waals surface area contributed by atoms with E-state index >= 15 is 0 Å². The molecule has 0 heterocycles. The third-order valence-corrected chi connectivity index (χ3v) is 0. The Morgan fingerprint density at radius 3 is 0.119 bits per heavy atom. The van der Waals surface area contributed by atoms with Crippen molar-refractivity contribution < 1.29 is 320 Å². The van der Waals surface area contributed by atoms with Crippen LogP contribution in [-0.4, -0.2) is 54.3 Å². The first-order chi connectivity index (χ1) is 12.0. The fourth-order valence-corrected chi connectivity index (χ4v) is 0. The summed E-state index contributed by atoms with van der Waals surface area (Å²) >= 11 is 0. The van der Waals surface area contributed by atoms with Crippen molar-refractivity contribution in [3.05, 3.63) is 0 Å². The Kier molecular flexibility index (Phi) is 159. The van der Waals surface area contributed by atoms with E-state index in [-0.39, 0.29) is 205 Å². The van der Waals surface area contributed by atoms with E-state index in [1.165, 1.54) is 0 Å². The summed E-state index contributed by atoms with van der Waals surface area (Å²) in [6.45, 7) is 0. The third-order valence-electron chi connectivity index (χ3n) is 0. The van der Waals surface area contributed by atoms with E-state index in [0.717, 1.165) is 0 Å². The Hall–Kier alpha value is 6.58. The van der Waals surface area contributed by atoms with Gasteiger partial charge in [-0.3, -0.25) is 0 Å². The maximum Gasteiger partial charge on any atom is 2.00 e. The molecule has 0 aromatic heterocycles. The first kappa shape index (κ1) is 118. The quantitative estimate of drug-likeness (QED) is 0.203. The molecule has 0 aliphatic rings. The zero-order valence-corrected chi connectivity index (χ0v) is 33.7. The van der Waals surface area contributed by atoms with Crippen LogP contribution in [0.1, 0.15) is 0 Å². The maximum absolute atomic E-state index is 8.58. The summed E-state index contributed by atoms with van der Waals surface area (Å²) < 4.78 is 0. The van der Waals surface area contributed by atoms with E-state index < -0.39 is 54.3 Å². The van der Waals surface area contributed by atoms with Gasteiger partial charge in [-0.25, -0.2) is 0 Å². The third kappa shape index (κ3) is 2240. The van der Waals surface area contributed by atoms with Crippen molar-refractivity contribution in [2.75, 3.05) is 0 Å². The average molecular weight is 1320 g/mol. The van der Waals surface area contributed by atoms with Crippen LogP contribution in [0.4, 0.5) is 0 Å². The summed E-state index contributed by atoms with van der Waals surface area (Å²) in [6, 6.07) is 0. The van der Waals surface area contributed by atoms with Crippen molar-refractivity contribution in [2.45, 2.75) is 0 Å². The molecule has 0 fully saturated rings. The SMILES string of the molecule is [Cu+2].[Cu+2].[Cu+2].[Cu+2].[Cu+2].[Cu+2].[Cu+2].[Cu+2].[Cu+2].[Cu+2].[Cu+2].[Cu+2].[O-][Si]([O-])([O-])[O-].[O-][Si]([O-])([O-])[O-].[O-][Si]([O-])([O-])[O-].[O-][Si]([O-])([O-])[O-].[O-][Si]([O-])([O-])[O-].[O-][Si]([O-])([O-])[O-]. The van der Waals surface area contributed by atoms with Gasteiger partial charge in [0.15, 0.2) is 0 Å². The Balaban J connectivity index is -0.00000000973. The van der Waals surface area contributed by atoms with Gasteiger partial charge in [-0.15, -0.1) is 0 Å². The summed E-state index contributed by atoms with van der Waals surface area (Å²) in [6.07, 6.45) is 0. The zero-order valence-electron chi connectivity index (χ0n) is 16.4. The second kappa shape index (κ2) is 56.9. The van der Waals surface area contributed by atoms with Gasteiger partial charge >= 0.3 is 205 Å². The van der Waals surface area contributed by atoms with E-state index in [0.29, 0.717) is 0 Å². The summed E-state index contributed by atoms with van der Waals surface area (Å²) in [5.41, 5.74) is 0. The van der Waals surface area contributed by atoms with Crippen molar-refractivity contribution in [1.29, 1.82) is 0 Å². The van der Waals surface area contributed by atoms with Crippen LogP contribution in [0.2, 0.25) is 0 Å². The molecule has 0 aliphatic heterocycles. The van der Waals surface area contributed by atoms with Gasteiger partial charge in [0.25, 0.3) is 0 Å². The van der Waals surface area contributed by atoms with Crippen LogP contribution in [0.5, 0.6) is 0 Å². The molecule has 0 amide bonds. The fraction of sp³-hybridized carbons (Fsp3) is 0. The van der Waals surface area contributed by atoms with Crippen LogP contribution in [0, 0.1) is 0 Å². The first-order valence-electron chi connectivity index (χ1n) is 4.90. The second-order valence-electron chi connectivity index (χ2n) is 3.00. The Morgan fingerprint density at radius 2 is 0.119 bits per heavy atom. The molecule has 0 bridgehead atoms. The predicted octanol–water partition coefficient (Wildman–Crippen LogP) is -30.9. The van der Waals surface area contributed by atoms with Gasteiger partial charge in [-0.05, 0) is 0 Å². The van der Waals surface area contributed by atoms with Crippen LogP contribution in [0.25, 0.3) is 0 Å². The van der Waals surface area contributed by atoms with Crippen molar-refractivity contribution in [2.24, 2.45) is 0 Å². The molecule has 0 spiro atoms. The molecule has 24 nitrogen and oxygen atoms in total. The average Bonchev–Trinajstić information content (AvgIpc) is 1.94. The maximum atomic E-state index is 8.58. The molecule has 0 saturated carbocycles. The Morgan fingerprint density at radius 1 is 0.119 bits per heavy atom. The summed E-state index contributed by atoms with van der Waals surface area (Å²) in [5, 5.41) is 0. The van der Waals surface area contributed by atoms with Gasteiger partial charge in [-0.2, -0.15) is 0 Å². The molecule has 300 valence electrons. The van der Waals surface area contributed by atoms with E-state index in [9.17, 15) is 0 Å². The summed E-state index contributed by atoms with van der Waals surface area (Å²) in [5.74, 6) is 0. The molecule has 0 saturated heterocycles. The van der Waals surface area contributed by atoms with Crippen molar-refractivity contribution >= 4 is 54.3 Å². The monoisotopic (exact) mass is 1310 g/mol. The minimum atomic E-state index is -5.61. The van der Waals surface area contributed by atoms with Gasteiger partial charge in [0.05, 0.1) is 0 Å². The van der Waals surface area contributed by atoms with E-state index in [1.54, 1.807) is 0 Å². The number of hydrogen-bond acceptors (Lipinski definition) is 24. The van der Waals surface area contributed by atoms with Crippen LogP contribution >= 0.6 is 0 Å². The van der Waals surface area contributed by atoms with Crippen LogP contribution in [0.15, 0.2) is 0 Å². The van der Waals surface area contributed by atoms with E-state index in [4.69, 9.17) is 115 Å². The van der Waals surface area contributed by atoms with Crippen LogP contribution < -0.4 is 115 Å². The molecule has 0 unspecified atom stereocenters. The molecular weight excluding hydrogens is 1320 g/mol. The number of rotatable bonds is 0. The minimum Gasteiger partial charge on any atom is -0.894 e. The molecule has 0 rings (SSSR count). The topological polar surface area (TPSA) is 553 Å². The largest absolute Gasteiger partial charge is 2.00 e. The smallest absolute Gasteiger partial charge is 0.894 e. The van der Waals surface area contributed by atoms with Crippen molar-refractivity contribution in [3.63, 3.8) is 0 Å². The zero-order chi connectivity index (χ0) is 27.0. The summed E-state index contributed by atoms with van der Waals surface area (Å²) in [4.78, 5) is 206. The molecule has 0 N–H and O–H groups in total. The van der Waals surface area contributed by atoms with Gasteiger partial charge in [-0.1, -0.05) is 0 Å². The molecule has 0 aliphatic carbocycles. The second-order valence-corrected chi connectivity index (χ2v) is 9.00. The number of hydrogen-bond donors (Lipinski definition) is 0. The molecule has 0 aromatic carbocycles. The van der Waals surface area contributed by atoms with Gasteiger partial charge in [0, 0.05) is 0 Å². The van der Waals surface area contributed by atoms with Crippen LogP contribution in [-0.2, 0) is 205 Å².